The lowest BCUT2D eigenvalue weighted by atomic mass is 9.49. The lowest BCUT2D eigenvalue weighted by molar-refractivity contribution is -0.354. The minimum atomic E-state index is -2.06. The van der Waals surface area contributed by atoms with Crippen LogP contribution < -0.4 is 0 Å². The fraction of sp³-hybridized carbons (Fsp3) is 0.906. The van der Waals surface area contributed by atoms with Gasteiger partial charge in [-0.05, 0) is 65.2 Å². The molecule has 0 amide bonds. The summed E-state index contributed by atoms with van der Waals surface area (Å²) in [5.41, 5.74) is -8.96. The minimum Gasteiger partial charge on any atom is -0.453 e. The molecule has 4 aliphatic carbocycles. The number of carbonyl (C=O) groups excluding carboxylic acids is 1. The van der Waals surface area contributed by atoms with Crippen molar-refractivity contribution < 1.29 is 44.9 Å². The van der Waals surface area contributed by atoms with Crippen LogP contribution in [0.5, 0.6) is 0 Å². The number of carbonyl (C=O) groups is 1. The second kappa shape index (κ2) is 8.57. The summed E-state index contributed by atoms with van der Waals surface area (Å²) in [4.78, 5) is 14.9. The van der Waals surface area contributed by atoms with Gasteiger partial charge in [0.2, 0.25) is 5.79 Å². The highest BCUT2D eigenvalue weighted by Crippen LogP contribution is 2.78. The number of piperidine rings is 2. The third-order valence-electron chi connectivity index (χ3n) is 14.1. The van der Waals surface area contributed by atoms with Crippen LogP contribution in [0.1, 0.15) is 86.0 Å². The molecule has 10 heteroatoms. The van der Waals surface area contributed by atoms with E-state index in [0.717, 1.165) is 6.42 Å². The Bertz CT molecular complexity index is 1220. The zero-order valence-electron chi connectivity index (χ0n) is 25.5. The first-order chi connectivity index (χ1) is 19.5. The lowest BCUT2D eigenvalue weighted by Crippen LogP contribution is -2.85. The molecule has 3 saturated heterocycles. The predicted molar refractivity (Wildman–Crippen MR) is 150 cm³/mol. The van der Waals surface area contributed by atoms with Crippen LogP contribution in [0.25, 0.3) is 0 Å². The highest BCUT2D eigenvalue weighted by atomic mass is 16.7. The van der Waals surface area contributed by atoms with E-state index in [-0.39, 0.29) is 25.4 Å². The van der Waals surface area contributed by atoms with Gasteiger partial charge in [-0.25, -0.2) is 4.79 Å². The number of esters is 1. The average molecular weight is 592 g/mol. The molecule has 7 aliphatic rings. The zero-order valence-corrected chi connectivity index (χ0v) is 25.5. The number of nitrogens with zero attached hydrogens (tertiary/aromatic N) is 1. The molecular weight excluding hydrogens is 542 g/mol. The van der Waals surface area contributed by atoms with E-state index in [0.29, 0.717) is 50.1 Å². The molecule has 0 aromatic rings. The molecule has 3 aliphatic heterocycles. The molecule has 0 radical (unpaired) electrons. The largest absolute Gasteiger partial charge is 0.453 e. The molecule has 236 valence electrons. The molecule has 7 fully saturated rings. The summed E-state index contributed by atoms with van der Waals surface area (Å²) in [7, 11) is 0. The topological polar surface area (TPSA) is 160 Å². The van der Waals surface area contributed by atoms with E-state index in [1.807, 2.05) is 6.92 Å². The highest BCUT2D eigenvalue weighted by Gasteiger charge is 2.88. The lowest BCUT2D eigenvalue weighted by Gasteiger charge is -2.68. The van der Waals surface area contributed by atoms with Gasteiger partial charge in [-0.1, -0.05) is 19.9 Å². The Morgan fingerprint density at radius 1 is 0.952 bits per heavy atom. The Kier molecular flexibility index (Phi) is 6.04. The molecule has 0 unspecified atom stereocenters. The summed E-state index contributed by atoms with van der Waals surface area (Å²) in [6.07, 6.45) is 2.30. The van der Waals surface area contributed by atoms with Crippen molar-refractivity contribution in [3.8, 4) is 0 Å². The first-order valence-electron chi connectivity index (χ1n) is 16.0. The third kappa shape index (κ3) is 3.07. The Balaban J connectivity index is 1.32. The molecule has 1 spiro atoms. The minimum absolute atomic E-state index is 0.0606. The maximum absolute atomic E-state index is 12.9. The number of aliphatic hydroxyl groups excluding tert-OH is 1. The first kappa shape index (κ1) is 29.6. The van der Waals surface area contributed by atoms with Crippen LogP contribution in [0.15, 0.2) is 11.6 Å². The van der Waals surface area contributed by atoms with E-state index in [9.17, 15) is 35.4 Å². The van der Waals surface area contributed by atoms with E-state index in [2.05, 4.69) is 11.8 Å². The molecule has 6 N–H and O–H groups in total. The van der Waals surface area contributed by atoms with Gasteiger partial charge in [-0.3, -0.25) is 4.90 Å². The van der Waals surface area contributed by atoms with Crippen molar-refractivity contribution in [1.82, 2.24) is 4.90 Å². The van der Waals surface area contributed by atoms with Crippen molar-refractivity contribution in [2.75, 3.05) is 13.1 Å². The fourth-order valence-electron chi connectivity index (χ4n) is 11.8. The predicted octanol–water partition coefficient (Wildman–Crippen LogP) is 0.991. The van der Waals surface area contributed by atoms with E-state index in [1.165, 1.54) is 0 Å². The van der Waals surface area contributed by atoms with Crippen molar-refractivity contribution in [3.05, 3.63) is 11.6 Å². The average Bonchev–Trinajstić information content (AvgIpc) is 3.09. The quantitative estimate of drug-likeness (QED) is 0.202. The SMILES string of the molecule is C/C=C(\C)C(=O)O[C@@H]1CC[C@]2(C)[C@H]3CC[C@H]4[C@]2(C[C@]2(O)[C@H]5CN6C[C@H](C)CC[C@@H]6[C@](C)(O)[C@]5(O)[C@H](O)C[C@]42O)O[C@]13O. The van der Waals surface area contributed by atoms with E-state index < -0.39 is 75.1 Å². The van der Waals surface area contributed by atoms with Crippen LogP contribution in [0, 0.1) is 29.1 Å². The van der Waals surface area contributed by atoms with Crippen LogP contribution >= 0.6 is 0 Å². The van der Waals surface area contributed by atoms with Crippen LogP contribution in [-0.4, -0.2) is 107 Å². The smallest absolute Gasteiger partial charge is 0.333 e. The van der Waals surface area contributed by atoms with Crippen molar-refractivity contribution in [2.24, 2.45) is 29.1 Å². The molecule has 10 nitrogen and oxygen atoms in total. The summed E-state index contributed by atoms with van der Waals surface area (Å²) in [6.45, 7) is 10.1. The summed E-state index contributed by atoms with van der Waals surface area (Å²) in [5.74, 6) is -4.05. The summed E-state index contributed by atoms with van der Waals surface area (Å²) < 4.78 is 12.6. The van der Waals surface area contributed by atoms with Crippen LogP contribution in [0.3, 0.4) is 0 Å². The van der Waals surface area contributed by atoms with Gasteiger partial charge in [-0.2, -0.15) is 0 Å². The number of hydrogen-bond acceptors (Lipinski definition) is 10. The van der Waals surface area contributed by atoms with Gasteiger partial charge in [0.25, 0.3) is 0 Å². The van der Waals surface area contributed by atoms with Gasteiger partial charge in [0, 0.05) is 60.7 Å². The Morgan fingerprint density at radius 3 is 2.33 bits per heavy atom. The molecule has 42 heavy (non-hydrogen) atoms. The van der Waals surface area contributed by atoms with Gasteiger partial charge in [0.1, 0.15) is 22.4 Å². The van der Waals surface area contributed by atoms with Gasteiger partial charge >= 0.3 is 5.97 Å². The Labute approximate surface area is 247 Å². The number of aliphatic hydroxyl groups is 6. The molecule has 4 saturated carbocycles. The zero-order chi connectivity index (χ0) is 30.5. The van der Waals surface area contributed by atoms with Crippen LogP contribution in [0.2, 0.25) is 0 Å². The van der Waals surface area contributed by atoms with Gasteiger partial charge in [0.05, 0.1) is 11.7 Å². The number of hydrogen-bond donors (Lipinski definition) is 6. The summed E-state index contributed by atoms with van der Waals surface area (Å²) in [6, 6.07) is -0.387. The first-order valence-corrected chi connectivity index (χ1v) is 16.0. The summed E-state index contributed by atoms with van der Waals surface area (Å²) >= 11 is 0. The molecule has 7 rings (SSSR count). The van der Waals surface area contributed by atoms with Crippen LogP contribution in [-0.2, 0) is 14.3 Å². The Hall–Kier alpha value is -1.11. The maximum atomic E-state index is 12.9. The second-order valence-corrected chi connectivity index (χ2v) is 15.7. The van der Waals surface area contributed by atoms with Crippen molar-refractivity contribution in [2.45, 2.75) is 138 Å². The van der Waals surface area contributed by atoms with Crippen molar-refractivity contribution in [1.29, 1.82) is 0 Å². The Morgan fingerprint density at radius 2 is 1.64 bits per heavy atom. The molecular formula is C32H49NO9. The van der Waals surface area contributed by atoms with E-state index >= 15 is 0 Å². The normalized spacial score (nSPS) is 60.3. The van der Waals surface area contributed by atoms with Gasteiger partial charge in [0.15, 0.2) is 6.10 Å². The number of allylic oxidation sites excluding steroid dienone is 1. The highest BCUT2D eigenvalue weighted by molar-refractivity contribution is 5.87. The number of rotatable bonds is 2. The maximum Gasteiger partial charge on any atom is 0.333 e. The second-order valence-electron chi connectivity index (χ2n) is 15.7. The number of fused-ring (bicyclic) bond motifs is 5. The monoisotopic (exact) mass is 591 g/mol. The fourth-order valence-corrected chi connectivity index (χ4v) is 11.8. The van der Waals surface area contributed by atoms with Crippen molar-refractivity contribution >= 4 is 5.97 Å². The molecule has 0 aromatic carbocycles. The molecule has 14 atom stereocenters. The summed E-state index contributed by atoms with van der Waals surface area (Å²) in [5, 5.41) is 73.9. The molecule has 3 heterocycles. The van der Waals surface area contributed by atoms with E-state index in [1.54, 1.807) is 26.8 Å². The van der Waals surface area contributed by atoms with Gasteiger partial charge < -0.3 is 40.1 Å². The van der Waals surface area contributed by atoms with Gasteiger partial charge in [-0.15, -0.1) is 0 Å². The standard InChI is InChI=1S/C32H49NO9/c1-6-18(3)25(35)41-24-11-12-26(4)19-8-9-20-28(37)13-23(34)31(39)21(29(28,38)16-30(20,26)42-32(19,24)40)15-33-14-17(2)7-10-22(33)27(31,5)36/h6,17,19-24,34,36-40H,7-16H2,1-5H3/b18-6+/t17-,19-,20-,21-,22-,23-,24-,26-,27+,28+,29+,30+,31-,32+/m1/s1. The third-order valence-corrected chi connectivity index (χ3v) is 14.1. The van der Waals surface area contributed by atoms with E-state index in [4.69, 9.17) is 9.47 Å². The molecule has 0 aromatic heterocycles. The van der Waals surface area contributed by atoms with Crippen LogP contribution in [0.4, 0.5) is 0 Å². The number of ether oxygens (including phenoxy) is 2. The molecule has 4 bridgehead atoms. The van der Waals surface area contributed by atoms with Crippen molar-refractivity contribution in [3.63, 3.8) is 0 Å².